The molecule has 2 rings (SSSR count). The number of nitrogens with one attached hydrogen (secondary N) is 1. The van der Waals surface area contributed by atoms with E-state index in [1.165, 1.54) is 11.3 Å². The lowest BCUT2D eigenvalue weighted by Gasteiger charge is -2.31. The van der Waals surface area contributed by atoms with Crippen LogP contribution in [0.25, 0.3) is 0 Å². The van der Waals surface area contributed by atoms with Gasteiger partial charge in [-0.25, -0.2) is 4.98 Å². The third kappa shape index (κ3) is 2.60. The van der Waals surface area contributed by atoms with Gasteiger partial charge in [-0.2, -0.15) is 0 Å². The Balaban J connectivity index is 2.01. The molecule has 1 aromatic rings. The lowest BCUT2D eigenvalue weighted by atomic mass is 9.90. The van der Waals surface area contributed by atoms with Crippen molar-refractivity contribution in [3.05, 3.63) is 9.98 Å². The van der Waals surface area contributed by atoms with Crippen LogP contribution in [0.3, 0.4) is 0 Å². The third-order valence-electron chi connectivity index (χ3n) is 2.54. The van der Waals surface area contributed by atoms with Crippen LogP contribution in [0.1, 0.15) is 12.8 Å². The minimum atomic E-state index is -0.823. The summed E-state index contributed by atoms with van der Waals surface area (Å²) in [6, 6.07) is 0. The molecule has 2 heterocycles. The molecule has 1 amide bonds. The van der Waals surface area contributed by atoms with E-state index in [9.17, 15) is 4.79 Å². The van der Waals surface area contributed by atoms with Crippen LogP contribution in [-0.4, -0.2) is 29.6 Å². The Morgan fingerprint density at radius 1 is 1.62 bits per heavy atom. The molecule has 0 atom stereocenters. The summed E-state index contributed by atoms with van der Waals surface area (Å²) in [7, 11) is 0. The average Bonchev–Trinajstić information content (AvgIpc) is 2.65. The molecule has 1 aliphatic rings. The van der Waals surface area contributed by atoms with Crippen molar-refractivity contribution in [3.8, 4) is 0 Å². The Hall–Kier alpha value is -0.500. The van der Waals surface area contributed by atoms with Crippen molar-refractivity contribution in [2.75, 3.05) is 18.5 Å². The predicted octanol–water partition coefficient (Wildman–Crippen LogP) is 1.35. The van der Waals surface area contributed by atoms with Gasteiger partial charge in [-0.05, 0) is 28.8 Å². The zero-order valence-corrected chi connectivity index (χ0v) is 10.9. The normalized spacial score (nSPS) is 19.4. The minimum absolute atomic E-state index is 0.183. The van der Waals surface area contributed by atoms with Crippen LogP contribution >= 0.6 is 27.3 Å². The van der Waals surface area contributed by atoms with E-state index in [2.05, 4.69) is 26.2 Å². The number of nitrogens with two attached hydrogens (primary N) is 1. The maximum absolute atomic E-state index is 12.0. The maximum Gasteiger partial charge on any atom is 0.246 e. The van der Waals surface area contributed by atoms with E-state index in [0.29, 0.717) is 31.2 Å². The highest BCUT2D eigenvalue weighted by Gasteiger charge is 2.36. The Morgan fingerprint density at radius 3 is 2.88 bits per heavy atom. The van der Waals surface area contributed by atoms with Gasteiger partial charge < -0.3 is 15.8 Å². The number of anilines is 1. The molecule has 0 saturated carbocycles. The highest BCUT2D eigenvalue weighted by molar-refractivity contribution is 9.11. The number of carbonyl (C=O) groups excluding carboxylic acids is 1. The SMILES string of the molecule is NC1(C(=O)Nc2ncc(Br)s2)CCOCC1. The molecule has 0 aromatic carbocycles. The molecule has 3 N–H and O–H groups in total. The first kappa shape index (κ1) is 12.0. The Labute approximate surface area is 106 Å². The van der Waals surface area contributed by atoms with Gasteiger partial charge in [0.05, 0.1) is 9.98 Å². The van der Waals surface area contributed by atoms with E-state index >= 15 is 0 Å². The van der Waals surface area contributed by atoms with Crippen LogP contribution in [-0.2, 0) is 9.53 Å². The van der Waals surface area contributed by atoms with Crippen LogP contribution in [0, 0.1) is 0 Å². The molecule has 1 saturated heterocycles. The van der Waals surface area contributed by atoms with E-state index in [1.807, 2.05) is 0 Å². The molecule has 5 nitrogen and oxygen atoms in total. The lowest BCUT2D eigenvalue weighted by molar-refractivity contribution is -0.124. The number of carbonyl (C=O) groups is 1. The lowest BCUT2D eigenvalue weighted by Crippen LogP contribution is -2.54. The van der Waals surface area contributed by atoms with Gasteiger partial charge in [-0.15, -0.1) is 0 Å². The van der Waals surface area contributed by atoms with Gasteiger partial charge in [0.25, 0.3) is 0 Å². The molecule has 1 aromatic heterocycles. The molecular weight excluding hydrogens is 294 g/mol. The topological polar surface area (TPSA) is 77.2 Å². The minimum Gasteiger partial charge on any atom is -0.381 e. The number of aromatic nitrogens is 1. The van der Waals surface area contributed by atoms with Crippen LogP contribution in [0.5, 0.6) is 0 Å². The van der Waals surface area contributed by atoms with Gasteiger partial charge in [-0.3, -0.25) is 4.79 Å². The second-order valence-electron chi connectivity index (χ2n) is 3.69. The summed E-state index contributed by atoms with van der Waals surface area (Å²) in [5, 5.41) is 3.29. The molecule has 0 spiro atoms. The molecule has 0 radical (unpaired) electrons. The first-order chi connectivity index (χ1) is 7.60. The highest BCUT2D eigenvalue weighted by Crippen LogP contribution is 2.25. The first-order valence-electron chi connectivity index (χ1n) is 4.89. The monoisotopic (exact) mass is 305 g/mol. The summed E-state index contributed by atoms with van der Waals surface area (Å²) in [4.78, 5) is 16.0. The second kappa shape index (κ2) is 4.79. The van der Waals surface area contributed by atoms with Gasteiger partial charge in [0.2, 0.25) is 5.91 Å². The number of rotatable bonds is 2. The van der Waals surface area contributed by atoms with Crippen molar-refractivity contribution >= 4 is 38.3 Å². The van der Waals surface area contributed by atoms with Gasteiger partial charge in [0.1, 0.15) is 5.54 Å². The number of ether oxygens (including phenoxy) is 1. The predicted molar refractivity (Wildman–Crippen MR) is 65.4 cm³/mol. The second-order valence-corrected chi connectivity index (χ2v) is 6.10. The van der Waals surface area contributed by atoms with E-state index in [0.717, 1.165) is 3.79 Å². The largest absolute Gasteiger partial charge is 0.381 e. The smallest absolute Gasteiger partial charge is 0.246 e. The molecule has 1 fully saturated rings. The van der Waals surface area contributed by atoms with Crippen molar-refractivity contribution in [1.82, 2.24) is 4.98 Å². The summed E-state index contributed by atoms with van der Waals surface area (Å²) < 4.78 is 6.06. The number of hydrogen-bond donors (Lipinski definition) is 2. The van der Waals surface area contributed by atoms with Gasteiger partial charge in [0, 0.05) is 13.2 Å². The number of nitrogens with zero attached hydrogens (tertiary/aromatic N) is 1. The third-order valence-corrected chi connectivity index (χ3v) is 3.93. The standard InChI is InChI=1S/C9H12BrN3O2S/c10-6-5-12-8(16-6)13-7(14)9(11)1-3-15-4-2-9/h5H,1-4,11H2,(H,12,13,14). The van der Waals surface area contributed by atoms with Crippen LogP contribution in [0.2, 0.25) is 0 Å². The molecule has 88 valence electrons. The Bertz CT molecular complexity index is 390. The summed E-state index contributed by atoms with van der Waals surface area (Å²) in [5.41, 5.74) is 5.21. The van der Waals surface area contributed by atoms with Crippen molar-refractivity contribution in [3.63, 3.8) is 0 Å². The zero-order valence-electron chi connectivity index (χ0n) is 8.53. The molecule has 16 heavy (non-hydrogen) atoms. The Kier molecular flexibility index (Phi) is 3.58. The van der Waals surface area contributed by atoms with Crippen molar-refractivity contribution in [2.24, 2.45) is 5.73 Å². The van der Waals surface area contributed by atoms with E-state index < -0.39 is 5.54 Å². The van der Waals surface area contributed by atoms with E-state index in [4.69, 9.17) is 10.5 Å². The average molecular weight is 306 g/mol. The van der Waals surface area contributed by atoms with Crippen molar-refractivity contribution < 1.29 is 9.53 Å². The number of hydrogen-bond acceptors (Lipinski definition) is 5. The zero-order chi connectivity index (χ0) is 11.6. The fourth-order valence-electron chi connectivity index (χ4n) is 1.50. The first-order valence-corrected chi connectivity index (χ1v) is 6.50. The molecular formula is C9H12BrN3O2S. The van der Waals surface area contributed by atoms with Crippen LogP contribution in [0.15, 0.2) is 9.98 Å². The highest BCUT2D eigenvalue weighted by atomic mass is 79.9. The summed E-state index contributed by atoms with van der Waals surface area (Å²) in [6.07, 6.45) is 2.74. The van der Waals surface area contributed by atoms with Gasteiger partial charge >= 0.3 is 0 Å². The Morgan fingerprint density at radius 2 is 2.31 bits per heavy atom. The van der Waals surface area contributed by atoms with E-state index in [-0.39, 0.29) is 5.91 Å². The van der Waals surface area contributed by atoms with Crippen molar-refractivity contribution in [2.45, 2.75) is 18.4 Å². The van der Waals surface area contributed by atoms with Crippen molar-refractivity contribution in [1.29, 1.82) is 0 Å². The number of thiazole rings is 1. The van der Waals surface area contributed by atoms with Crippen LogP contribution in [0.4, 0.5) is 5.13 Å². The van der Waals surface area contributed by atoms with Gasteiger partial charge in [-0.1, -0.05) is 11.3 Å². The van der Waals surface area contributed by atoms with Gasteiger partial charge in [0.15, 0.2) is 5.13 Å². The maximum atomic E-state index is 12.0. The fourth-order valence-corrected chi connectivity index (χ4v) is 2.60. The van der Waals surface area contributed by atoms with Crippen LogP contribution < -0.4 is 11.1 Å². The summed E-state index contributed by atoms with van der Waals surface area (Å²) >= 11 is 4.65. The summed E-state index contributed by atoms with van der Waals surface area (Å²) in [5.74, 6) is -0.183. The quantitative estimate of drug-likeness (QED) is 0.865. The molecule has 7 heteroatoms. The molecule has 1 aliphatic heterocycles. The number of halogens is 1. The fraction of sp³-hybridized carbons (Fsp3) is 0.556. The molecule has 0 bridgehead atoms. The number of amides is 1. The molecule has 0 aliphatic carbocycles. The molecule has 0 unspecified atom stereocenters. The van der Waals surface area contributed by atoms with E-state index in [1.54, 1.807) is 6.20 Å². The summed E-state index contributed by atoms with van der Waals surface area (Å²) in [6.45, 7) is 1.07.